The molecule has 0 heterocycles. The number of hydrogen-bond acceptors (Lipinski definition) is 4. The van der Waals surface area contributed by atoms with Crippen LogP contribution in [0.4, 0.5) is 10.1 Å². The number of hydrogen-bond donors (Lipinski definition) is 1. The number of carbonyl (C=O) groups is 2. The molecule has 0 saturated carbocycles. The van der Waals surface area contributed by atoms with Gasteiger partial charge in [-0.25, -0.2) is 12.8 Å². The van der Waals surface area contributed by atoms with Crippen LogP contribution in [0.2, 0.25) is 0 Å². The summed E-state index contributed by atoms with van der Waals surface area (Å²) in [5.74, 6) is -1.62. The van der Waals surface area contributed by atoms with E-state index in [1.165, 1.54) is 49.2 Å². The number of anilines is 1. The van der Waals surface area contributed by atoms with Gasteiger partial charge < -0.3 is 10.2 Å². The first-order valence-electron chi connectivity index (χ1n) is 11.5. The number of nitrogens with one attached hydrogen (secondary N) is 1. The Balaban J connectivity index is 2.08. The lowest BCUT2D eigenvalue weighted by Gasteiger charge is -2.32. The summed E-state index contributed by atoms with van der Waals surface area (Å²) in [6, 6.07) is 18.0. The molecule has 36 heavy (non-hydrogen) atoms. The Hall–Kier alpha value is -3.72. The molecule has 0 aliphatic carbocycles. The van der Waals surface area contributed by atoms with Gasteiger partial charge in [0.15, 0.2) is 0 Å². The fraction of sp³-hybridized carbons (Fsp3) is 0.259. The molecule has 2 amide bonds. The highest BCUT2D eigenvalue weighted by molar-refractivity contribution is 7.92. The number of nitrogens with zero attached hydrogens (tertiary/aromatic N) is 2. The maximum Gasteiger partial charge on any atom is 0.264 e. The molecule has 190 valence electrons. The quantitative estimate of drug-likeness (QED) is 0.474. The smallest absolute Gasteiger partial charge is 0.264 e. The predicted molar refractivity (Wildman–Crippen MR) is 137 cm³/mol. The van der Waals surface area contributed by atoms with Gasteiger partial charge in [0.1, 0.15) is 18.4 Å². The van der Waals surface area contributed by atoms with Crippen molar-refractivity contribution < 1.29 is 22.4 Å². The van der Waals surface area contributed by atoms with Crippen LogP contribution in [-0.4, -0.2) is 44.8 Å². The van der Waals surface area contributed by atoms with Gasteiger partial charge in [-0.1, -0.05) is 48.5 Å². The molecule has 1 atom stereocenters. The maximum atomic E-state index is 14.5. The van der Waals surface area contributed by atoms with Crippen molar-refractivity contribution in [1.29, 1.82) is 0 Å². The van der Waals surface area contributed by atoms with Gasteiger partial charge in [-0.2, -0.15) is 0 Å². The van der Waals surface area contributed by atoms with E-state index < -0.39 is 40.2 Å². The van der Waals surface area contributed by atoms with Crippen LogP contribution in [-0.2, 0) is 26.2 Å². The van der Waals surface area contributed by atoms with Crippen molar-refractivity contribution in [2.24, 2.45) is 0 Å². The zero-order valence-corrected chi connectivity index (χ0v) is 21.5. The highest BCUT2D eigenvalue weighted by Gasteiger charge is 2.33. The average molecular weight is 512 g/mol. The Kier molecular flexibility index (Phi) is 8.47. The van der Waals surface area contributed by atoms with Gasteiger partial charge >= 0.3 is 0 Å². The van der Waals surface area contributed by atoms with E-state index in [0.29, 0.717) is 11.3 Å². The first-order chi connectivity index (χ1) is 17.1. The van der Waals surface area contributed by atoms with E-state index in [1.54, 1.807) is 43.3 Å². The summed E-state index contributed by atoms with van der Waals surface area (Å²) in [4.78, 5) is 27.4. The van der Waals surface area contributed by atoms with Gasteiger partial charge in [0, 0.05) is 19.2 Å². The predicted octanol–water partition coefficient (Wildman–Crippen LogP) is 3.80. The van der Waals surface area contributed by atoms with Crippen LogP contribution < -0.4 is 9.62 Å². The average Bonchev–Trinajstić information content (AvgIpc) is 2.88. The van der Waals surface area contributed by atoms with Crippen molar-refractivity contribution in [2.45, 2.75) is 38.3 Å². The van der Waals surface area contributed by atoms with E-state index in [1.807, 2.05) is 13.0 Å². The molecule has 0 fully saturated rings. The van der Waals surface area contributed by atoms with Crippen molar-refractivity contribution >= 4 is 27.5 Å². The minimum absolute atomic E-state index is 0.0266. The number of aryl methyl sites for hydroxylation is 1. The second-order valence-electron chi connectivity index (χ2n) is 8.45. The fourth-order valence-corrected chi connectivity index (χ4v) is 5.33. The molecular weight excluding hydrogens is 481 g/mol. The van der Waals surface area contributed by atoms with Gasteiger partial charge in [-0.05, 0) is 56.2 Å². The largest absolute Gasteiger partial charge is 0.357 e. The summed E-state index contributed by atoms with van der Waals surface area (Å²) in [6.07, 6.45) is 0. The van der Waals surface area contributed by atoms with E-state index in [0.717, 1.165) is 9.87 Å². The van der Waals surface area contributed by atoms with E-state index in [2.05, 4.69) is 5.32 Å². The van der Waals surface area contributed by atoms with Crippen molar-refractivity contribution in [3.63, 3.8) is 0 Å². The monoisotopic (exact) mass is 511 g/mol. The third-order valence-corrected chi connectivity index (χ3v) is 7.94. The molecule has 0 saturated heterocycles. The lowest BCUT2D eigenvalue weighted by atomic mass is 10.1. The van der Waals surface area contributed by atoms with E-state index in [4.69, 9.17) is 0 Å². The Bertz CT molecular complexity index is 1350. The Morgan fingerprint density at radius 2 is 1.58 bits per heavy atom. The molecule has 1 N–H and O–H groups in total. The molecule has 3 rings (SSSR count). The van der Waals surface area contributed by atoms with Crippen molar-refractivity contribution in [1.82, 2.24) is 10.2 Å². The van der Waals surface area contributed by atoms with Crippen LogP contribution in [0.5, 0.6) is 0 Å². The van der Waals surface area contributed by atoms with Gasteiger partial charge in [-0.3, -0.25) is 13.9 Å². The van der Waals surface area contributed by atoms with Crippen LogP contribution in [0.3, 0.4) is 0 Å². The van der Waals surface area contributed by atoms with E-state index in [9.17, 15) is 22.4 Å². The topological polar surface area (TPSA) is 86.8 Å². The standard InChI is InChI=1S/C27H30FN3O4S/c1-19-11-10-16-25(20(19)2)31(36(34,35)23-13-6-5-7-14-23)18-26(32)30(21(3)27(33)29-4)17-22-12-8-9-15-24(22)28/h5-16,21H,17-18H2,1-4H3,(H,29,33)/t21-/m1/s1. The fourth-order valence-electron chi connectivity index (χ4n) is 3.84. The molecule has 0 bridgehead atoms. The summed E-state index contributed by atoms with van der Waals surface area (Å²) in [5.41, 5.74) is 2.12. The van der Waals surface area contributed by atoms with Gasteiger partial charge in [0.2, 0.25) is 11.8 Å². The summed E-state index contributed by atoms with van der Waals surface area (Å²) in [5, 5.41) is 2.50. The number of carbonyl (C=O) groups excluding carboxylic acids is 2. The number of likely N-dealkylation sites (N-methyl/N-ethyl adjacent to an activating group) is 1. The summed E-state index contributed by atoms with van der Waals surface area (Å²) < 4.78 is 43.0. The maximum absolute atomic E-state index is 14.5. The van der Waals surface area contributed by atoms with Gasteiger partial charge in [0.25, 0.3) is 10.0 Å². The molecule has 0 aromatic heterocycles. The molecule has 9 heteroatoms. The molecule has 0 aliphatic rings. The number of rotatable bonds is 9. The molecule has 3 aromatic rings. The Morgan fingerprint density at radius 3 is 2.22 bits per heavy atom. The van der Waals surface area contributed by atoms with Crippen molar-refractivity contribution in [3.8, 4) is 0 Å². The third kappa shape index (κ3) is 5.73. The molecule has 0 unspecified atom stereocenters. The van der Waals surface area contributed by atoms with Crippen LogP contribution in [0.15, 0.2) is 77.7 Å². The molecule has 3 aromatic carbocycles. The van der Waals surface area contributed by atoms with Crippen molar-refractivity contribution in [3.05, 3.63) is 95.3 Å². The summed E-state index contributed by atoms with van der Waals surface area (Å²) in [6.45, 7) is 4.38. The SMILES string of the molecule is CNC(=O)[C@@H](C)N(Cc1ccccc1F)C(=O)CN(c1cccc(C)c1C)S(=O)(=O)c1ccccc1. The van der Waals surface area contributed by atoms with Crippen LogP contribution in [0.25, 0.3) is 0 Å². The second kappa shape index (κ2) is 11.3. The molecule has 0 spiro atoms. The lowest BCUT2D eigenvalue weighted by molar-refractivity contribution is -0.139. The Morgan fingerprint density at radius 1 is 0.944 bits per heavy atom. The number of benzene rings is 3. The first-order valence-corrected chi connectivity index (χ1v) is 12.9. The summed E-state index contributed by atoms with van der Waals surface area (Å²) >= 11 is 0. The number of sulfonamides is 1. The highest BCUT2D eigenvalue weighted by atomic mass is 32.2. The minimum atomic E-state index is -4.14. The van der Waals surface area contributed by atoms with Crippen LogP contribution >= 0.6 is 0 Å². The number of halogens is 1. The molecule has 0 radical (unpaired) electrons. The van der Waals surface area contributed by atoms with Crippen molar-refractivity contribution in [2.75, 3.05) is 17.9 Å². The molecule has 7 nitrogen and oxygen atoms in total. The first kappa shape index (κ1) is 26.9. The zero-order chi connectivity index (χ0) is 26.5. The molecule has 0 aliphatic heterocycles. The van der Waals surface area contributed by atoms with Gasteiger partial charge in [0.05, 0.1) is 10.6 Å². The van der Waals surface area contributed by atoms with E-state index in [-0.39, 0.29) is 17.0 Å². The van der Waals surface area contributed by atoms with E-state index >= 15 is 0 Å². The lowest BCUT2D eigenvalue weighted by Crippen LogP contribution is -2.51. The third-order valence-electron chi connectivity index (χ3n) is 6.17. The van der Waals surface area contributed by atoms with Crippen LogP contribution in [0.1, 0.15) is 23.6 Å². The highest BCUT2D eigenvalue weighted by Crippen LogP contribution is 2.29. The summed E-state index contributed by atoms with van der Waals surface area (Å²) in [7, 11) is -2.71. The zero-order valence-electron chi connectivity index (χ0n) is 20.7. The normalized spacial score (nSPS) is 12.0. The molecular formula is C27H30FN3O4S. The Labute approximate surface area is 211 Å². The minimum Gasteiger partial charge on any atom is -0.357 e. The second-order valence-corrected chi connectivity index (χ2v) is 10.3. The number of amides is 2. The van der Waals surface area contributed by atoms with Gasteiger partial charge in [-0.15, -0.1) is 0 Å². The van der Waals surface area contributed by atoms with Crippen LogP contribution in [0, 0.1) is 19.7 Å².